The molecule has 4 nitrogen and oxygen atoms in total. The zero-order valence-corrected chi connectivity index (χ0v) is 11.8. The number of carbonyl (C=O) groups is 1. The van der Waals surface area contributed by atoms with Crippen LogP contribution in [0.3, 0.4) is 0 Å². The number of fused-ring (bicyclic) bond motifs is 1. The van der Waals surface area contributed by atoms with Crippen LogP contribution in [0.2, 0.25) is 0 Å². The predicted octanol–water partition coefficient (Wildman–Crippen LogP) is 1.07. The second kappa shape index (κ2) is 6.53. The summed E-state index contributed by atoms with van der Waals surface area (Å²) in [5.41, 5.74) is 0. The normalized spacial score (nSPS) is 25.3. The lowest BCUT2D eigenvalue weighted by atomic mass is 10.2. The molecule has 104 valence electrons. The highest BCUT2D eigenvalue weighted by atomic mass is 16.2. The van der Waals surface area contributed by atoms with Gasteiger partial charge in [0.1, 0.15) is 0 Å². The molecule has 2 aliphatic heterocycles. The number of amides is 1. The summed E-state index contributed by atoms with van der Waals surface area (Å²) in [6.07, 6.45) is 4.36. The van der Waals surface area contributed by atoms with Crippen LogP contribution in [0.15, 0.2) is 0 Å². The Morgan fingerprint density at radius 1 is 1.28 bits per heavy atom. The van der Waals surface area contributed by atoms with Gasteiger partial charge in [-0.1, -0.05) is 13.8 Å². The average Bonchev–Trinajstić information content (AvgIpc) is 2.66. The highest BCUT2D eigenvalue weighted by Crippen LogP contribution is 2.21. The number of rotatable bonds is 4. The first kappa shape index (κ1) is 13.8. The first-order valence-electron chi connectivity index (χ1n) is 7.42. The predicted molar refractivity (Wildman–Crippen MR) is 73.5 cm³/mol. The van der Waals surface area contributed by atoms with E-state index >= 15 is 0 Å². The molecule has 0 aromatic rings. The zero-order chi connectivity index (χ0) is 13.0. The van der Waals surface area contributed by atoms with Crippen LogP contribution in [0.5, 0.6) is 0 Å². The van der Waals surface area contributed by atoms with Crippen molar-refractivity contribution in [3.05, 3.63) is 0 Å². The Bertz CT molecular complexity index is 280. The Morgan fingerprint density at radius 3 is 2.83 bits per heavy atom. The van der Waals surface area contributed by atoms with Crippen molar-refractivity contribution < 1.29 is 4.79 Å². The number of nitrogens with one attached hydrogen (secondary N) is 1. The van der Waals surface area contributed by atoms with Crippen LogP contribution in [0, 0.1) is 0 Å². The highest BCUT2D eigenvalue weighted by Gasteiger charge is 2.30. The van der Waals surface area contributed by atoms with Crippen LogP contribution >= 0.6 is 0 Å². The molecule has 1 amide bonds. The Labute approximate surface area is 111 Å². The minimum atomic E-state index is 0.330. The molecular weight excluding hydrogens is 226 g/mol. The summed E-state index contributed by atoms with van der Waals surface area (Å²) in [6, 6.07) is 1.10. The molecule has 0 saturated carbocycles. The molecule has 0 spiro atoms. The van der Waals surface area contributed by atoms with Gasteiger partial charge in [-0.05, 0) is 25.8 Å². The molecule has 0 aliphatic carbocycles. The van der Waals surface area contributed by atoms with E-state index in [2.05, 4.69) is 29.0 Å². The zero-order valence-electron chi connectivity index (χ0n) is 11.8. The maximum absolute atomic E-state index is 12.2. The van der Waals surface area contributed by atoms with Gasteiger partial charge in [-0.25, -0.2) is 0 Å². The monoisotopic (exact) mass is 253 g/mol. The minimum Gasteiger partial charge on any atom is -0.341 e. The second-order valence-electron chi connectivity index (χ2n) is 5.88. The molecule has 2 fully saturated rings. The van der Waals surface area contributed by atoms with Crippen molar-refractivity contribution in [3.8, 4) is 0 Å². The van der Waals surface area contributed by atoms with Crippen molar-refractivity contribution in [2.24, 2.45) is 0 Å². The van der Waals surface area contributed by atoms with Gasteiger partial charge in [-0.15, -0.1) is 0 Å². The molecule has 0 bridgehead atoms. The van der Waals surface area contributed by atoms with Gasteiger partial charge >= 0.3 is 0 Å². The maximum atomic E-state index is 12.2. The number of nitrogens with zero attached hydrogens (tertiary/aromatic N) is 2. The maximum Gasteiger partial charge on any atom is 0.223 e. The Morgan fingerprint density at radius 2 is 2.06 bits per heavy atom. The Balaban J connectivity index is 1.78. The van der Waals surface area contributed by atoms with E-state index in [4.69, 9.17) is 0 Å². The van der Waals surface area contributed by atoms with Gasteiger partial charge in [0, 0.05) is 44.7 Å². The molecule has 18 heavy (non-hydrogen) atoms. The van der Waals surface area contributed by atoms with Gasteiger partial charge in [-0.3, -0.25) is 9.69 Å². The third kappa shape index (κ3) is 3.69. The van der Waals surface area contributed by atoms with Gasteiger partial charge in [0.05, 0.1) is 0 Å². The van der Waals surface area contributed by atoms with Crippen LogP contribution in [0.4, 0.5) is 0 Å². The lowest BCUT2D eigenvalue weighted by molar-refractivity contribution is -0.131. The van der Waals surface area contributed by atoms with Crippen molar-refractivity contribution in [1.82, 2.24) is 15.1 Å². The molecule has 2 rings (SSSR count). The van der Waals surface area contributed by atoms with Gasteiger partial charge < -0.3 is 10.2 Å². The van der Waals surface area contributed by atoms with Crippen molar-refractivity contribution in [3.63, 3.8) is 0 Å². The molecule has 1 atom stereocenters. The summed E-state index contributed by atoms with van der Waals surface area (Å²) in [5.74, 6) is 0.330. The molecule has 2 saturated heterocycles. The standard InChI is InChI=1S/C14H27N3O/c1-12(2)15-7-6-14(18)17-10-4-9-16-8-3-5-13(16)11-17/h12-13,15H,3-11H2,1-2H3. The van der Waals surface area contributed by atoms with E-state index in [9.17, 15) is 4.79 Å². The minimum absolute atomic E-state index is 0.330. The van der Waals surface area contributed by atoms with E-state index < -0.39 is 0 Å². The quantitative estimate of drug-likeness (QED) is 0.814. The summed E-state index contributed by atoms with van der Waals surface area (Å²) in [6.45, 7) is 9.37. The molecule has 1 N–H and O–H groups in total. The fourth-order valence-electron chi connectivity index (χ4n) is 3.06. The van der Waals surface area contributed by atoms with E-state index in [1.54, 1.807) is 0 Å². The van der Waals surface area contributed by atoms with E-state index in [1.165, 1.54) is 25.9 Å². The van der Waals surface area contributed by atoms with E-state index in [0.29, 0.717) is 24.4 Å². The Kier molecular flexibility index (Phi) is 5.01. The fourth-order valence-corrected chi connectivity index (χ4v) is 3.06. The topological polar surface area (TPSA) is 35.6 Å². The molecule has 4 heteroatoms. The molecule has 0 radical (unpaired) electrons. The smallest absolute Gasteiger partial charge is 0.223 e. The van der Waals surface area contributed by atoms with Crippen LogP contribution in [0.25, 0.3) is 0 Å². The van der Waals surface area contributed by atoms with Crippen LogP contribution in [-0.4, -0.2) is 60.5 Å². The molecule has 0 aromatic heterocycles. The van der Waals surface area contributed by atoms with Gasteiger partial charge in [0.25, 0.3) is 0 Å². The summed E-state index contributed by atoms with van der Waals surface area (Å²) >= 11 is 0. The Hall–Kier alpha value is -0.610. The van der Waals surface area contributed by atoms with Crippen LogP contribution in [0.1, 0.15) is 39.5 Å². The summed E-state index contributed by atoms with van der Waals surface area (Å²) in [5, 5.41) is 3.32. The largest absolute Gasteiger partial charge is 0.341 e. The summed E-state index contributed by atoms with van der Waals surface area (Å²) < 4.78 is 0. The SMILES string of the molecule is CC(C)NCCC(=O)N1CCCN2CCCC2C1. The molecular formula is C14H27N3O. The van der Waals surface area contributed by atoms with Crippen molar-refractivity contribution in [2.45, 2.75) is 51.6 Å². The third-order valence-corrected chi connectivity index (χ3v) is 4.05. The molecule has 2 heterocycles. The number of hydrogen-bond donors (Lipinski definition) is 1. The lowest BCUT2D eigenvalue weighted by Gasteiger charge is -2.26. The van der Waals surface area contributed by atoms with E-state index in [1.807, 2.05) is 0 Å². The third-order valence-electron chi connectivity index (χ3n) is 4.05. The second-order valence-corrected chi connectivity index (χ2v) is 5.88. The van der Waals surface area contributed by atoms with Crippen LogP contribution < -0.4 is 5.32 Å². The van der Waals surface area contributed by atoms with Crippen molar-refractivity contribution >= 4 is 5.91 Å². The lowest BCUT2D eigenvalue weighted by Crippen LogP contribution is -2.40. The van der Waals surface area contributed by atoms with E-state index in [0.717, 1.165) is 26.1 Å². The van der Waals surface area contributed by atoms with Gasteiger partial charge in [0.2, 0.25) is 5.91 Å². The number of carbonyl (C=O) groups excluding carboxylic acids is 1. The van der Waals surface area contributed by atoms with E-state index in [-0.39, 0.29) is 0 Å². The molecule has 0 aromatic carbocycles. The molecule has 2 aliphatic rings. The summed E-state index contributed by atoms with van der Waals surface area (Å²) in [4.78, 5) is 16.9. The highest BCUT2D eigenvalue weighted by molar-refractivity contribution is 5.76. The average molecular weight is 253 g/mol. The first-order chi connectivity index (χ1) is 8.66. The van der Waals surface area contributed by atoms with Crippen molar-refractivity contribution in [2.75, 3.05) is 32.7 Å². The fraction of sp³-hybridized carbons (Fsp3) is 0.929. The van der Waals surface area contributed by atoms with Gasteiger partial charge in [-0.2, -0.15) is 0 Å². The first-order valence-corrected chi connectivity index (χ1v) is 7.42. The van der Waals surface area contributed by atoms with Crippen LogP contribution in [-0.2, 0) is 4.79 Å². The number of hydrogen-bond acceptors (Lipinski definition) is 3. The summed E-state index contributed by atoms with van der Waals surface area (Å²) in [7, 11) is 0. The molecule has 1 unspecified atom stereocenters. The van der Waals surface area contributed by atoms with Crippen molar-refractivity contribution in [1.29, 1.82) is 0 Å². The van der Waals surface area contributed by atoms with Gasteiger partial charge in [0.15, 0.2) is 0 Å².